The molecule has 0 radical (unpaired) electrons. The number of amides is 1. The lowest BCUT2D eigenvalue weighted by Crippen LogP contribution is -2.38. The highest BCUT2D eigenvalue weighted by atomic mass is 16.5. The van der Waals surface area contributed by atoms with Crippen molar-refractivity contribution in [2.75, 3.05) is 27.2 Å². The highest BCUT2D eigenvalue weighted by molar-refractivity contribution is 5.67. The Balaban J connectivity index is 3.97. The number of carbonyl (C=O) groups is 1. The molecule has 0 rings (SSSR count). The Kier molecular flexibility index (Phi) is 11.5. The molecular formula is C15H32N2O3. The Morgan fingerprint density at radius 2 is 2.00 bits per heavy atom. The molecule has 2 unspecified atom stereocenters. The lowest BCUT2D eigenvalue weighted by molar-refractivity contribution is 0.123. The number of hydrogen-bond acceptors (Lipinski definition) is 4. The first-order chi connectivity index (χ1) is 9.45. The van der Waals surface area contributed by atoms with Crippen LogP contribution in [0.5, 0.6) is 0 Å². The second-order valence-electron chi connectivity index (χ2n) is 5.71. The third kappa shape index (κ3) is 12.2. The van der Waals surface area contributed by atoms with E-state index < -0.39 is 6.10 Å². The van der Waals surface area contributed by atoms with E-state index in [1.54, 1.807) is 6.92 Å². The van der Waals surface area contributed by atoms with Crippen molar-refractivity contribution in [3.63, 3.8) is 0 Å². The molecule has 120 valence electrons. The summed E-state index contributed by atoms with van der Waals surface area (Å²) in [4.78, 5) is 13.6. The number of nitrogens with one attached hydrogen (secondary N) is 1. The quantitative estimate of drug-likeness (QED) is 0.573. The molecular weight excluding hydrogens is 256 g/mol. The lowest BCUT2D eigenvalue weighted by Gasteiger charge is -2.20. The fourth-order valence-electron chi connectivity index (χ4n) is 2.01. The molecule has 2 N–H and O–H groups in total. The summed E-state index contributed by atoms with van der Waals surface area (Å²) in [5, 5.41) is 12.3. The number of carbonyl (C=O) groups excluding carboxylic acids is 1. The van der Waals surface area contributed by atoms with Crippen LogP contribution in [0.3, 0.4) is 0 Å². The van der Waals surface area contributed by atoms with Gasteiger partial charge >= 0.3 is 6.09 Å². The molecule has 0 spiro atoms. The maximum absolute atomic E-state index is 11.7. The zero-order valence-electron chi connectivity index (χ0n) is 13.5. The molecule has 0 aromatic rings. The number of aliphatic hydroxyl groups is 1. The predicted molar refractivity (Wildman–Crippen MR) is 81.9 cm³/mol. The number of hydrogen-bond donors (Lipinski definition) is 2. The highest BCUT2D eigenvalue weighted by Crippen LogP contribution is 2.10. The monoisotopic (exact) mass is 288 g/mol. The van der Waals surface area contributed by atoms with Crippen LogP contribution >= 0.6 is 0 Å². The van der Waals surface area contributed by atoms with E-state index >= 15 is 0 Å². The van der Waals surface area contributed by atoms with Gasteiger partial charge in [-0.3, -0.25) is 0 Å². The molecule has 0 aliphatic heterocycles. The van der Waals surface area contributed by atoms with Crippen molar-refractivity contribution < 1.29 is 14.6 Å². The van der Waals surface area contributed by atoms with Crippen LogP contribution in [0.4, 0.5) is 4.79 Å². The topological polar surface area (TPSA) is 61.8 Å². The van der Waals surface area contributed by atoms with Crippen molar-refractivity contribution in [1.29, 1.82) is 0 Å². The second kappa shape index (κ2) is 12.0. The standard InChI is InChI=1S/C15H32N2O3/c1-5-6-7-8-9-14(12-13(2)18)16-15(19)20-11-10-17(3)4/h13-14,18H,5-12H2,1-4H3,(H,16,19). The predicted octanol–water partition coefficient (Wildman–Crippen LogP) is 2.38. The Hall–Kier alpha value is -0.810. The SMILES string of the molecule is CCCCCCC(CC(C)O)NC(=O)OCCN(C)C. The molecule has 5 nitrogen and oxygen atoms in total. The number of alkyl carbamates (subject to hydrolysis) is 1. The molecule has 0 saturated heterocycles. The maximum Gasteiger partial charge on any atom is 0.407 e. The molecule has 0 bridgehead atoms. The van der Waals surface area contributed by atoms with Crippen molar-refractivity contribution in [3.05, 3.63) is 0 Å². The van der Waals surface area contributed by atoms with E-state index in [4.69, 9.17) is 4.74 Å². The zero-order valence-corrected chi connectivity index (χ0v) is 13.5. The molecule has 0 heterocycles. The van der Waals surface area contributed by atoms with Gasteiger partial charge in [-0.1, -0.05) is 32.6 Å². The van der Waals surface area contributed by atoms with Crippen molar-refractivity contribution >= 4 is 6.09 Å². The van der Waals surface area contributed by atoms with Crippen LogP contribution in [0.15, 0.2) is 0 Å². The van der Waals surface area contributed by atoms with E-state index in [0.29, 0.717) is 19.6 Å². The first kappa shape index (κ1) is 19.2. The first-order valence-corrected chi connectivity index (χ1v) is 7.71. The van der Waals surface area contributed by atoms with Gasteiger partial charge < -0.3 is 20.1 Å². The van der Waals surface area contributed by atoms with Crippen LogP contribution in [0.2, 0.25) is 0 Å². The van der Waals surface area contributed by atoms with Gasteiger partial charge in [0.15, 0.2) is 0 Å². The van der Waals surface area contributed by atoms with Crippen molar-refractivity contribution in [2.24, 2.45) is 0 Å². The van der Waals surface area contributed by atoms with Gasteiger partial charge in [0.05, 0.1) is 6.10 Å². The molecule has 0 fully saturated rings. The number of likely N-dealkylation sites (N-methyl/N-ethyl adjacent to an activating group) is 1. The molecule has 0 aromatic heterocycles. The minimum atomic E-state index is -0.409. The summed E-state index contributed by atoms with van der Waals surface area (Å²) in [6, 6.07) is -0.00119. The van der Waals surface area contributed by atoms with Gasteiger partial charge in [-0.05, 0) is 33.9 Å². The Labute approximate surface area is 123 Å². The van der Waals surface area contributed by atoms with E-state index in [-0.39, 0.29) is 12.1 Å². The third-order valence-corrected chi connectivity index (χ3v) is 3.13. The van der Waals surface area contributed by atoms with Crippen LogP contribution in [-0.2, 0) is 4.74 Å². The summed E-state index contributed by atoms with van der Waals surface area (Å²) in [6.45, 7) is 5.02. The van der Waals surface area contributed by atoms with Gasteiger partial charge in [-0.25, -0.2) is 4.79 Å². The van der Waals surface area contributed by atoms with Crippen LogP contribution < -0.4 is 5.32 Å². The molecule has 0 aromatic carbocycles. The minimum Gasteiger partial charge on any atom is -0.448 e. The van der Waals surface area contributed by atoms with E-state index in [1.165, 1.54) is 19.3 Å². The van der Waals surface area contributed by atoms with Gasteiger partial charge in [-0.2, -0.15) is 0 Å². The van der Waals surface area contributed by atoms with Crippen molar-refractivity contribution in [3.8, 4) is 0 Å². The number of ether oxygens (including phenoxy) is 1. The molecule has 0 saturated carbocycles. The van der Waals surface area contributed by atoms with Crippen molar-refractivity contribution in [2.45, 2.75) is 64.5 Å². The maximum atomic E-state index is 11.7. The third-order valence-electron chi connectivity index (χ3n) is 3.13. The fraction of sp³-hybridized carbons (Fsp3) is 0.933. The summed E-state index contributed by atoms with van der Waals surface area (Å²) in [5.41, 5.74) is 0. The minimum absolute atomic E-state index is 0.00119. The second-order valence-corrected chi connectivity index (χ2v) is 5.71. The van der Waals surface area contributed by atoms with E-state index in [9.17, 15) is 9.90 Å². The zero-order chi connectivity index (χ0) is 15.4. The largest absolute Gasteiger partial charge is 0.448 e. The highest BCUT2D eigenvalue weighted by Gasteiger charge is 2.15. The fourth-order valence-corrected chi connectivity index (χ4v) is 2.01. The Bertz CT molecular complexity index is 245. The van der Waals surface area contributed by atoms with Gasteiger partial charge in [0.2, 0.25) is 0 Å². The van der Waals surface area contributed by atoms with E-state index in [1.807, 2.05) is 19.0 Å². The Morgan fingerprint density at radius 3 is 2.55 bits per heavy atom. The summed E-state index contributed by atoms with van der Waals surface area (Å²) in [7, 11) is 3.87. The normalized spacial score (nSPS) is 14.1. The van der Waals surface area contributed by atoms with Crippen molar-refractivity contribution in [1.82, 2.24) is 10.2 Å². The Morgan fingerprint density at radius 1 is 1.30 bits per heavy atom. The summed E-state index contributed by atoms with van der Waals surface area (Å²) in [6.07, 6.45) is 5.34. The summed E-state index contributed by atoms with van der Waals surface area (Å²) in [5.74, 6) is 0. The average molecular weight is 288 g/mol. The lowest BCUT2D eigenvalue weighted by atomic mass is 10.0. The molecule has 20 heavy (non-hydrogen) atoms. The summed E-state index contributed by atoms with van der Waals surface area (Å²) >= 11 is 0. The molecule has 0 aliphatic rings. The number of nitrogens with zero attached hydrogens (tertiary/aromatic N) is 1. The smallest absolute Gasteiger partial charge is 0.407 e. The average Bonchev–Trinajstić information content (AvgIpc) is 2.33. The number of rotatable bonds is 11. The van der Waals surface area contributed by atoms with Gasteiger partial charge in [0.1, 0.15) is 6.61 Å². The van der Waals surface area contributed by atoms with E-state index in [0.717, 1.165) is 12.8 Å². The van der Waals surface area contributed by atoms with Crippen LogP contribution in [0, 0.1) is 0 Å². The molecule has 1 amide bonds. The van der Waals surface area contributed by atoms with Crippen LogP contribution in [0.1, 0.15) is 52.4 Å². The molecule has 0 aliphatic carbocycles. The number of aliphatic hydroxyl groups excluding tert-OH is 1. The number of unbranched alkanes of at least 4 members (excludes halogenated alkanes) is 3. The van der Waals surface area contributed by atoms with Crippen LogP contribution in [0.25, 0.3) is 0 Å². The van der Waals surface area contributed by atoms with Gasteiger partial charge in [0, 0.05) is 12.6 Å². The first-order valence-electron chi connectivity index (χ1n) is 7.71. The van der Waals surface area contributed by atoms with Gasteiger partial charge in [-0.15, -0.1) is 0 Å². The molecule has 5 heteroatoms. The van der Waals surface area contributed by atoms with Crippen LogP contribution in [-0.4, -0.2) is 55.5 Å². The van der Waals surface area contributed by atoms with Gasteiger partial charge in [0.25, 0.3) is 0 Å². The molecule has 2 atom stereocenters. The van der Waals surface area contributed by atoms with E-state index in [2.05, 4.69) is 12.2 Å². The summed E-state index contributed by atoms with van der Waals surface area (Å²) < 4.78 is 5.12.